The van der Waals surface area contributed by atoms with E-state index in [9.17, 15) is 4.79 Å². The van der Waals surface area contributed by atoms with Gasteiger partial charge in [0, 0.05) is 16.9 Å². The number of rotatable bonds is 7. The smallest absolute Gasteiger partial charge is 0.234 e. The van der Waals surface area contributed by atoms with Gasteiger partial charge in [-0.05, 0) is 55.0 Å². The second-order valence-corrected chi connectivity index (χ2v) is 8.32. The minimum absolute atomic E-state index is 0.118. The lowest BCUT2D eigenvalue weighted by molar-refractivity contribution is -0.113. The van der Waals surface area contributed by atoms with E-state index in [1.165, 1.54) is 11.8 Å². The number of carbonyl (C=O) groups excluding carboxylic acids is 1. The maximum atomic E-state index is 12.6. The van der Waals surface area contributed by atoms with Gasteiger partial charge in [-0.3, -0.25) is 9.36 Å². The van der Waals surface area contributed by atoms with Crippen molar-refractivity contribution in [3.05, 3.63) is 83.4 Å². The molecule has 6 nitrogen and oxygen atoms in total. The minimum Gasteiger partial charge on any atom is -0.497 e. The van der Waals surface area contributed by atoms with Crippen molar-refractivity contribution in [2.75, 3.05) is 18.2 Å². The van der Waals surface area contributed by atoms with Gasteiger partial charge in [0.05, 0.1) is 17.9 Å². The zero-order valence-electron chi connectivity index (χ0n) is 17.6. The van der Waals surface area contributed by atoms with Crippen LogP contribution in [0.5, 0.6) is 5.75 Å². The molecule has 4 aromatic rings. The molecule has 1 heterocycles. The van der Waals surface area contributed by atoms with E-state index in [0.29, 0.717) is 16.0 Å². The molecule has 0 spiro atoms. The Labute approximate surface area is 195 Å². The Hall–Kier alpha value is -3.29. The summed E-state index contributed by atoms with van der Waals surface area (Å²) in [6, 6.07) is 22.7. The second-order valence-electron chi connectivity index (χ2n) is 6.97. The van der Waals surface area contributed by atoms with E-state index in [-0.39, 0.29) is 11.7 Å². The lowest BCUT2D eigenvalue weighted by atomic mass is 10.2. The number of para-hydroxylation sites is 1. The molecule has 0 aliphatic carbocycles. The van der Waals surface area contributed by atoms with Crippen LogP contribution in [0, 0.1) is 6.92 Å². The number of thioether (sulfide) groups is 1. The molecule has 1 N–H and O–H groups in total. The van der Waals surface area contributed by atoms with Gasteiger partial charge in [-0.25, -0.2) is 0 Å². The summed E-state index contributed by atoms with van der Waals surface area (Å²) in [4.78, 5) is 12.6. The Bertz CT molecular complexity index is 1240. The number of ether oxygens (including phenoxy) is 1. The van der Waals surface area contributed by atoms with Crippen molar-refractivity contribution in [3.8, 4) is 22.8 Å². The number of nitrogens with one attached hydrogen (secondary N) is 1. The molecule has 0 radical (unpaired) electrons. The van der Waals surface area contributed by atoms with Gasteiger partial charge in [-0.1, -0.05) is 53.7 Å². The molecule has 162 valence electrons. The van der Waals surface area contributed by atoms with Crippen LogP contribution in [0.15, 0.2) is 78.0 Å². The second kappa shape index (κ2) is 9.89. The van der Waals surface area contributed by atoms with Gasteiger partial charge in [0.25, 0.3) is 0 Å². The molecule has 0 aliphatic heterocycles. The summed E-state index contributed by atoms with van der Waals surface area (Å²) in [6.07, 6.45) is 0. The van der Waals surface area contributed by atoms with Gasteiger partial charge in [0.2, 0.25) is 5.91 Å². The van der Waals surface area contributed by atoms with Crippen molar-refractivity contribution >= 4 is 35.0 Å². The molecule has 1 aromatic heterocycles. The van der Waals surface area contributed by atoms with Crippen LogP contribution in [0.3, 0.4) is 0 Å². The quantitative estimate of drug-likeness (QED) is 0.359. The van der Waals surface area contributed by atoms with E-state index in [1.807, 2.05) is 84.3 Å². The van der Waals surface area contributed by atoms with Gasteiger partial charge in [-0.15, -0.1) is 10.2 Å². The molecule has 4 rings (SSSR count). The van der Waals surface area contributed by atoms with E-state index < -0.39 is 0 Å². The molecule has 1 amide bonds. The van der Waals surface area contributed by atoms with E-state index in [2.05, 4.69) is 15.5 Å². The molecule has 0 unspecified atom stereocenters. The summed E-state index contributed by atoms with van der Waals surface area (Å²) >= 11 is 7.75. The third-order valence-corrected chi connectivity index (χ3v) is 6.09. The minimum atomic E-state index is -0.118. The number of benzene rings is 3. The molecule has 3 aromatic carbocycles. The summed E-state index contributed by atoms with van der Waals surface area (Å²) < 4.78 is 7.17. The number of hydrogen-bond acceptors (Lipinski definition) is 5. The summed E-state index contributed by atoms with van der Waals surface area (Å²) in [5, 5.41) is 12.9. The predicted molar refractivity (Wildman–Crippen MR) is 129 cm³/mol. The highest BCUT2D eigenvalue weighted by Crippen LogP contribution is 2.32. The first-order valence-corrected chi connectivity index (χ1v) is 11.3. The maximum Gasteiger partial charge on any atom is 0.234 e. The van der Waals surface area contributed by atoms with Crippen molar-refractivity contribution in [2.45, 2.75) is 12.1 Å². The van der Waals surface area contributed by atoms with Crippen LogP contribution in [0.25, 0.3) is 17.1 Å². The molecule has 0 bridgehead atoms. The van der Waals surface area contributed by atoms with Crippen molar-refractivity contribution in [1.82, 2.24) is 14.8 Å². The predicted octanol–water partition coefficient (Wildman–Crippen LogP) is 5.64. The Morgan fingerprint density at radius 3 is 2.47 bits per heavy atom. The average molecular weight is 465 g/mol. The van der Waals surface area contributed by atoms with Crippen LogP contribution >= 0.6 is 23.4 Å². The van der Waals surface area contributed by atoms with Crippen molar-refractivity contribution in [1.29, 1.82) is 0 Å². The van der Waals surface area contributed by atoms with Gasteiger partial charge in [0.1, 0.15) is 5.75 Å². The van der Waals surface area contributed by atoms with Gasteiger partial charge in [0.15, 0.2) is 11.0 Å². The fourth-order valence-electron chi connectivity index (χ4n) is 3.17. The van der Waals surface area contributed by atoms with Crippen molar-refractivity contribution in [3.63, 3.8) is 0 Å². The molecule has 0 saturated carbocycles. The fraction of sp³-hybridized carbons (Fsp3) is 0.125. The first kappa shape index (κ1) is 21.9. The van der Waals surface area contributed by atoms with Crippen LogP contribution in [-0.2, 0) is 4.79 Å². The normalized spacial score (nSPS) is 10.7. The van der Waals surface area contributed by atoms with E-state index in [0.717, 1.165) is 28.3 Å². The Morgan fingerprint density at radius 1 is 1.03 bits per heavy atom. The van der Waals surface area contributed by atoms with E-state index in [4.69, 9.17) is 16.3 Å². The molecule has 0 atom stereocenters. The Morgan fingerprint density at radius 2 is 1.75 bits per heavy atom. The summed E-state index contributed by atoms with van der Waals surface area (Å²) in [6.45, 7) is 1.96. The number of carbonyl (C=O) groups is 1. The SMILES string of the molecule is COc1ccc(-n2c(SCC(=O)Nc3ccccc3C)nnc2-c2ccccc2Cl)cc1. The summed E-state index contributed by atoms with van der Waals surface area (Å²) in [7, 11) is 1.62. The molecule has 0 fully saturated rings. The first-order chi connectivity index (χ1) is 15.6. The van der Waals surface area contributed by atoms with E-state index in [1.54, 1.807) is 7.11 Å². The monoisotopic (exact) mass is 464 g/mol. The molecule has 0 aliphatic rings. The maximum absolute atomic E-state index is 12.6. The first-order valence-electron chi connectivity index (χ1n) is 9.90. The third kappa shape index (κ3) is 4.79. The summed E-state index contributed by atoms with van der Waals surface area (Å²) in [5.41, 5.74) is 3.40. The Balaban J connectivity index is 1.63. The fourth-order valence-corrected chi connectivity index (χ4v) is 4.15. The molecular formula is C24H21ClN4O2S. The number of halogens is 1. The molecule has 8 heteroatoms. The number of aryl methyl sites for hydroxylation is 1. The van der Waals surface area contributed by atoms with Gasteiger partial charge in [-0.2, -0.15) is 0 Å². The largest absolute Gasteiger partial charge is 0.497 e. The third-order valence-electron chi connectivity index (χ3n) is 4.83. The number of hydrogen-bond donors (Lipinski definition) is 1. The topological polar surface area (TPSA) is 69.0 Å². The van der Waals surface area contributed by atoms with Crippen LogP contribution < -0.4 is 10.1 Å². The number of amides is 1. The number of nitrogens with zero attached hydrogens (tertiary/aromatic N) is 3. The number of aromatic nitrogens is 3. The van der Waals surface area contributed by atoms with Crippen molar-refractivity contribution in [2.24, 2.45) is 0 Å². The van der Waals surface area contributed by atoms with Gasteiger partial charge < -0.3 is 10.1 Å². The highest BCUT2D eigenvalue weighted by atomic mass is 35.5. The van der Waals surface area contributed by atoms with Crippen LogP contribution in [0.2, 0.25) is 5.02 Å². The highest BCUT2D eigenvalue weighted by molar-refractivity contribution is 7.99. The average Bonchev–Trinajstić information content (AvgIpc) is 3.23. The lowest BCUT2D eigenvalue weighted by Crippen LogP contribution is -2.15. The molecule has 32 heavy (non-hydrogen) atoms. The van der Waals surface area contributed by atoms with Gasteiger partial charge >= 0.3 is 0 Å². The van der Waals surface area contributed by atoms with Crippen molar-refractivity contribution < 1.29 is 9.53 Å². The molecular weight excluding hydrogens is 444 g/mol. The highest BCUT2D eigenvalue weighted by Gasteiger charge is 2.19. The zero-order valence-corrected chi connectivity index (χ0v) is 19.2. The van der Waals surface area contributed by atoms with Crippen LogP contribution in [-0.4, -0.2) is 33.5 Å². The van der Waals surface area contributed by atoms with Crippen LogP contribution in [0.4, 0.5) is 5.69 Å². The Kier molecular flexibility index (Phi) is 6.78. The number of anilines is 1. The lowest BCUT2D eigenvalue weighted by Gasteiger charge is -2.12. The molecule has 0 saturated heterocycles. The number of methoxy groups -OCH3 is 1. The standard InChI is InChI=1S/C24H21ClN4O2S/c1-16-7-3-6-10-21(16)26-22(30)15-32-24-28-27-23(19-8-4-5-9-20(19)25)29(24)17-11-13-18(31-2)14-12-17/h3-14H,15H2,1-2H3,(H,26,30). The van der Waals surface area contributed by atoms with E-state index >= 15 is 0 Å². The summed E-state index contributed by atoms with van der Waals surface area (Å²) in [5.74, 6) is 1.41. The van der Waals surface area contributed by atoms with Crippen LogP contribution in [0.1, 0.15) is 5.56 Å². The zero-order chi connectivity index (χ0) is 22.5.